The van der Waals surface area contributed by atoms with E-state index in [1.165, 1.54) is 51.7 Å². The molecular formula is C19H17NO8S. The van der Waals surface area contributed by atoms with E-state index in [4.69, 9.17) is 13.9 Å². The van der Waals surface area contributed by atoms with Crippen LogP contribution in [0.1, 0.15) is 21.9 Å². The quantitative estimate of drug-likeness (QED) is 0.557. The lowest BCUT2D eigenvalue weighted by Gasteiger charge is -2.10. The predicted octanol–water partition coefficient (Wildman–Crippen LogP) is 3.03. The summed E-state index contributed by atoms with van der Waals surface area (Å²) in [5.41, 5.74) is 0.507. The molecule has 1 aliphatic rings. The number of furan rings is 1. The summed E-state index contributed by atoms with van der Waals surface area (Å²) < 4.78 is 20.1. The second-order valence-electron chi connectivity index (χ2n) is 5.80. The first-order chi connectivity index (χ1) is 13.9. The summed E-state index contributed by atoms with van der Waals surface area (Å²) in [7, 11) is 4.00. The largest absolute Gasteiger partial charge is 0.502 e. The Bertz CT molecular complexity index is 984. The number of benzene rings is 1. The number of phenolic OH excluding ortho intramolecular Hbond substituents is 1. The van der Waals surface area contributed by atoms with Gasteiger partial charge in [-0.2, -0.15) is 0 Å². The molecule has 1 aromatic carbocycles. The van der Waals surface area contributed by atoms with Crippen molar-refractivity contribution < 1.29 is 38.1 Å². The smallest absolute Gasteiger partial charge is 0.373 e. The van der Waals surface area contributed by atoms with Crippen molar-refractivity contribution in [3.63, 3.8) is 0 Å². The average Bonchev–Trinajstić information content (AvgIpc) is 3.29. The lowest BCUT2D eigenvalue weighted by Crippen LogP contribution is -2.27. The summed E-state index contributed by atoms with van der Waals surface area (Å²) in [4.78, 5) is 37.6. The van der Waals surface area contributed by atoms with Gasteiger partial charge in [-0.05, 0) is 47.7 Å². The number of imide groups is 1. The number of amides is 2. The Morgan fingerprint density at radius 2 is 1.83 bits per heavy atom. The summed E-state index contributed by atoms with van der Waals surface area (Å²) >= 11 is 0.766. The molecule has 1 fully saturated rings. The molecule has 0 radical (unpaired) electrons. The molecule has 0 atom stereocenters. The molecule has 0 aliphatic carbocycles. The van der Waals surface area contributed by atoms with Gasteiger partial charge < -0.3 is 23.7 Å². The lowest BCUT2D eigenvalue weighted by molar-refractivity contribution is -0.123. The van der Waals surface area contributed by atoms with Crippen molar-refractivity contribution in [2.24, 2.45) is 0 Å². The van der Waals surface area contributed by atoms with Crippen molar-refractivity contribution in [1.29, 1.82) is 0 Å². The Morgan fingerprint density at radius 1 is 1.17 bits per heavy atom. The van der Waals surface area contributed by atoms with Crippen LogP contribution in [0.3, 0.4) is 0 Å². The van der Waals surface area contributed by atoms with Crippen LogP contribution in [0.4, 0.5) is 4.79 Å². The first-order valence-electron chi connectivity index (χ1n) is 8.25. The third kappa shape index (κ3) is 4.06. The molecule has 9 nitrogen and oxygen atoms in total. The summed E-state index contributed by atoms with van der Waals surface area (Å²) in [5.74, 6) is -0.751. The van der Waals surface area contributed by atoms with Crippen LogP contribution in [-0.4, -0.2) is 48.5 Å². The molecule has 2 amide bonds. The zero-order valence-corrected chi connectivity index (χ0v) is 16.6. The van der Waals surface area contributed by atoms with Gasteiger partial charge in [-0.3, -0.25) is 14.5 Å². The van der Waals surface area contributed by atoms with Gasteiger partial charge in [0, 0.05) is 0 Å². The minimum atomic E-state index is -0.652. The number of phenols is 1. The van der Waals surface area contributed by atoms with E-state index < -0.39 is 17.1 Å². The zero-order chi connectivity index (χ0) is 21.1. The minimum absolute atomic E-state index is 0.0201. The van der Waals surface area contributed by atoms with Crippen LogP contribution in [0, 0.1) is 0 Å². The second kappa shape index (κ2) is 8.31. The molecular weight excluding hydrogens is 402 g/mol. The zero-order valence-electron chi connectivity index (χ0n) is 15.8. The van der Waals surface area contributed by atoms with Crippen LogP contribution >= 0.6 is 11.8 Å². The maximum absolute atomic E-state index is 12.7. The van der Waals surface area contributed by atoms with Gasteiger partial charge in [-0.25, -0.2) is 4.79 Å². The SMILES string of the molecule is COC(=O)c1ccc(CN2C(=O)S/C(=C/c3cc(OC)c(O)c(OC)c3)C2=O)o1. The van der Waals surface area contributed by atoms with Crippen molar-refractivity contribution >= 4 is 35.0 Å². The lowest BCUT2D eigenvalue weighted by atomic mass is 10.1. The van der Waals surface area contributed by atoms with Gasteiger partial charge in [0.1, 0.15) is 5.76 Å². The predicted molar refractivity (Wildman–Crippen MR) is 103 cm³/mol. The van der Waals surface area contributed by atoms with Crippen LogP contribution in [0.2, 0.25) is 0 Å². The van der Waals surface area contributed by atoms with E-state index in [1.807, 2.05) is 0 Å². The van der Waals surface area contributed by atoms with E-state index in [2.05, 4.69) is 4.74 Å². The fraction of sp³-hybridized carbons (Fsp3) is 0.211. The maximum atomic E-state index is 12.7. The second-order valence-corrected chi connectivity index (χ2v) is 6.79. The highest BCUT2D eigenvalue weighted by Gasteiger charge is 2.36. The Labute approximate surface area is 169 Å². The summed E-state index contributed by atoms with van der Waals surface area (Å²) in [6, 6.07) is 5.93. The van der Waals surface area contributed by atoms with Gasteiger partial charge in [0.2, 0.25) is 11.5 Å². The minimum Gasteiger partial charge on any atom is -0.502 e. The first-order valence-corrected chi connectivity index (χ1v) is 9.07. The van der Waals surface area contributed by atoms with E-state index in [1.54, 1.807) is 0 Å². The number of ether oxygens (including phenoxy) is 3. The molecule has 1 aliphatic heterocycles. The highest BCUT2D eigenvalue weighted by molar-refractivity contribution is 8.18. The number of nitrogens with zero attached hydrogens (tertiary/aromatic N) is 1. The average molecular weight is 419 g/mol. The molecule has 0 spiro atoms. The monoisotopic (exact) mass is 419 g/mol. The molecule has 10 heteroatoms. The number of carbonyl (C=O) groups excluding carboxylic acids is 3. The third-order valence-electron chi connectivity index (χ3n) is 4.04. The van der Waals surface area contributed by atoms with Crippen LogP contribution in [-0.2, 0) is 16.1 Å². The molecule has 3 rings (SSSR count). The van der Waals surface area contributed by atoms with Crippen molar-refractivity contribution in [1.82, 2.24) is 4.90 Å². The number of esters is 1. The number of thioether (sulfide) groups is 1. The van der Waals surface area contributed by atoms with Gasteiger partial charge in [-0.1, -0.05) is 0 Å². The Balaban J connectivity index is 1.83. The van der Waals surface area contributed by atoms with Crippen molar-refractivity contribution in [3.8, 4) is 17.2 Å². The molecule has 152 valence electrons. The Morgan fingerprint density at radius 3 is 2.41 bits per heavy atom. The molecule has 0 unspecified atom stereocenters. The van der Waals surface area contributed by atoms with E-state index in [0.29, 0.717) is 5.56 Å². The van der Waals surface area contributed by atoms with Gasteiger partial charge in [0.15, 0.2) is 11.5 Å². The molecule has 29 heavy (non-hydrogen) atoms. The highest BCUT2D eigenvalue weighted by Crippen LogP contribution is 2.39. The molecule has 2 heterocycles. The van der Waals surface area contributed by atoms with E-state index in [0.717, 1.165) is 16.7 Å². The summed E-state index contributed by atoms with van der Waals surface area (Å²) in [6.07, 6.45) is 1.50. The molecule has 1 aromatic heterocycles. The highest BCUT2D eigenvalue weighted by atomic mass is 32.2. The molecule has 0 bridgehead atoms. The number of carbonyl (C=O) groups is 3. The van der Waals surface area contributed by atoms with Crippen molar-refractivity contribution in [2.75, 3.05) is 21.3 Å². The summed E-state index contributed by atoms with van der Waals surface area (Å²) in [6.45, 7) is -0.124. The molecule has 1 N–H and O–H groups in total. The molecule has 1 saturated heterocycles. The van der Waals surface area contributed by atoms with Crippen molar-refractivity contribution in [2.45, 2.75) is 6.54 Å². The number of rotatable bonds is 6. The fourth-order valence-electron chi connectivity index (χ4n) is 2.61. The topological polar surface area (TPSA) is 116 Å². The molecule has 2 aromatic rings. The summed E-state index contributed by atoms with van der Waals surface area (Å²) in [5, 5.41) is 9.51. The Hall–Kier alpha value is -3.40. The van der Waals surface area contributed by atoms with Crippen LogP contribution < -0.4 is 9.47 Å². The number of hydrogen-bond donors (Lipinski definition) is 1. The van der Waals surface area contributed by atoms with Gasteiger partial charge >= 0.3 is 5.97 Å². The normalized spacial score (nSPS) is 15.1. The van der Waals surface area contributed by atoms with Gasteiger partial charge in [-0.15, -0.1) is 0 Å². The van der Waals surface area contributed by atoms with Crippen LogP contribution in [0.15, 0.2) is 33.6 Å². The maximum Gasteiger partial charge on any atom is 0.373 e. The van der Waals surface area contributed by atoms with E-state index >= 15 is 0 Å². The third-order valence-corrected chi connectivity index (χ3v) is 4.94. The number of methoxy groups -OCH3 is 3. The number of hydrogen-bond acceptors (Lipinski definition) is 9. The number of aromatic hydroxyl groups is 1. The van der Waals surface area contributed by atoms with E-state index in [-0.39, 0.29) is 40.2 Å². The molecule has 0 saturated carbocycles. The van der Waals surface area contributed by atoms with Gasteiger partial charge in [0.25, 0.3) is 11.1 Å². The van der Waals surface area contributed by atoms with Crippen molar-refractivity contribution in [3.05, 3.63) is 46.3 Å². The van der Waals surface area contributed by atoms with Gasteiger partial charge in [0.05, 0.1) is 32.8 Å². The first kappa shape index (κ1) is 20.3. The fourth-order valence-corrected chi connectivity index (χ4v) is 3.45. The standard InChI is InChI=1S/C19H17NO8S/c1-25-13-6-10(7-14(26-2)16(13)21)8-15-17(22)20(19(24)29-15)9-11-4-5-12(28-11)18(23)27-3/h4-8,21H,9H2,1-3H3/b15-8+. The van der Waals surface area contributed by atoms with E-state index in [9.17, 15) is 19.5 Å². The Kier molecular flexibility index (Phi) is 5.83. The van der Waals surface area contributed by atoms with Crippen LogP contribution in [0.25, 0.3) is 6.08 Å². The van der Waals surface area contributed by atoms with Crippen LogP contribution in [0.5, 0.6) is 17.2 Å².